The van der Waals surface area contributed by atoms with E-state index in [1.165, 1.54) is 16.9 Å². The number of benzene rings is 1. The van der Waals surface area contributed by atoms with Crippen molar-refractivity contribution in [2.24, 2.45) is 0 Å². The number of carbonyl (C=O) groups excluding carboxylic acids is 1. The van der Waals surface area contributed by atoms with Gasteiger partial charge in [-0.15, -0.1) is 11.3 Å². The van der Waals surface area contributed by atoms with Crippen molar-refractivity contribution in [3.63, 3.8) is 0 Å². The van der Waals surface area contributed by atoms with Crippen molar-refractivity contribution >= 4 is 17.2 Å². The van der Waals surface area contributed by atoms with E-state index in [0.717, 1.165) is 40.5 Å². The van der Waals surface area contributed by atoms with E-state index in [4.69, 9.17) is 9.47 Å². The molecule has 0 bridgehead atoms. The van der Waals surface area contributed by atoms with E-state index in [2.05, 4.69) is 6.07 Å². The number of rotatable bonds is 5. The zero-order valence-electron chi connectivity index (χ0n) is 14.4. The fourth-order valence-corrected chi connectivity index (χ4v) is 3.90. The summed E-state index contributed by atoms with van der Waals surface area (Å²) < 4.78 is 11.4. The lowest BCUT2D eigenvalue weighted by atomic mass is 9.98. The molecule has 4 nitrogen and oxygen atoms in total. The molecule has 0 fully saturated rings. The van der Waals surface area contributed by atoms with Crippen LogP contribution < -0.4 is 9.47 Å². The molecule has 2 heterocycles. The minimum absolute atomic E-state index is 0.125. The number of ether oxygens (including phenoxy) is 2. The number of fused-ring (bicyclic) bond motifs is 1. The molecule has 1 aromatic heterocycles. The molecule has 0 aliphatic carbocycles. The Balaban J connectivity index is 1.86. The van der Waals surface area contributed by atoms with Gasteiger partial charge in [0.1, 0.15) is 0 Å². The van der Waals surface area contributed by atoms with Crippen molar-refractivity contribution in [2.75, 3.05) is 19.8 Å². The molecule has 1 aliphatic rings. The minimum atomic E-state index is 0.125. The largest absolute Gasteiger partial charge is 0.490 e. The Bertz CT molecular complexity index is 738. The predicted molar refractivity (Wildman–Crippen MR) is 96.3 cm³/mol. The number of hydrogen-bond donors (Lipinski definition) is 0. The lowest BCUT2D eigenvalue weighted by molar-refractivity contribution is 0.0738. The van der Waals surface area contributed by atoms with E-state index < -0.39 is 0 Å². The van der Waals surface area contributed by atoms with Gasteiger partial charge in [0.05, 0.1) is 18.1 Å². The van der Waals surface area contributed by atoms with Gasteiger partial charge in [-0.05, 0) is 67.5 Å². The van der Waals surface area contributed by atoms with Gasteiger partial charge in [0.2, 0.25) is 0 Å². The first-order valence-electron chi connectivity index (χ1n) is 8.38. The van der Waals surface area contributed by atoms with Crippen LogP contribution in [0.1, 0.15) is 40.2 Å². The molecule has 24 heavy (non-hydrogen) atoms. The van der Waals surface area contributed by atoms with Gasteiger partial charge in [-0.25, -0.2) is 0 Å². The quantitative estimate of drug-likeness (QED) is 0.820. The first-order chi connectivity index (χ1) is 11.6. The average molecular weight is 345 g/mol. The fourth-order valence-electron chi connectivity index (χ4n) is 3.01. The van der Waals surface area contributed by atoms with Gasteiger partial charge in [-0.3, -0.25) is 4.79 Å². The molecule has 5 heteroatoms. The molecule has 128 valence electrons. The highest BCUT2D eigenvalue weighted by Crippen LogP contribution is 2.34. The van der Waals surface area contributed by atoms with Crippen molar-refractivity contribution < 1.29 is 14.3 Å². The molecule has 1 amide bonds. The maximum absolute atomic E-state index is 12.8. The number of thiophene rings is 1. The molecule has 3 rings (SSSR count). The topological polar surface area (TPSA) is 38.8 Å². The molecule has 0 N–H and O–H groups in total. The van der Waals surface area contributed by atoms with Crippen molar-refractivity contribution in [3.05, 3.63) is 45.1 Å². The third kappa shape index (κ3) is 3.26. The average Bonchev–Trinajstić information content (AvgIpc) is 3.01. The van der Waals surface area contributed by atoms with Crippen LogP contribution >= 0.6 is 11.3 Å². The van der Waals surface area contributed by atoms with Gasteiger partial charge in [0.25, 0.3) is 5.91 Å². The van der Waals surface area contributed by atoms with E-state index in [1.807, 2.05) is 43.2 Å². The maximum atomic E-state index is 12.8. The Morgan fingerprint density at radius 3 is 2.42 bits per heavy atom. The number of nitrogens with zero attached hydrogens (tertiary/aromatic N) is 1. The lowest BCUT2D eigenvalue weighted by Crippen LogP contribution is -2.35. The van der Waals surface area contributed by atoms with Crippen LogP contribution in [0.3, 0.4) is 0 Å². The van der Waals surface area contributed by atoms with E-state index in [1.54, 1.807) is 0 Å². The van der Waals surface area contributed by atoms with Crippen molar-refractivity contribution in [2.45, 2.75) is 33.7 Å². The van der Waals surface area contributed by atoms with Gasteiger partial charge in [0, 0.05) is 13.1 Å². The van der Waals surface area contributed by atoms with E-state index in [0.29, 0.717) is 19.8 Å². The summed E-state index contributed by atoms with van der Waals surface area (Å²) in [7, 11) is 0. The van der Waals surface area contributed by atoms with Crippen LogP contribution in [0.5, 0.6) is 11.5 Å². The van der Waals surface area contributed by atoms with Crippen molar-refractivity contribution in [1.82, 2.24) is 4.90 Å². The third-order valence-electron chi connectivity index (χ3n) is 4.22. The Labute approximate surface area is 147 Å². The molecular formula is C19H23NO3S. The number of amides is 1. The normalized spacial score (nSPS) is 13.5. The second-order valence-electron chi connectivity index (χ2n) is 5.84. The first kappa shape index (κ1) is 16.8. The highest BCUT2D eigenvalue weighted by molar-refractivity contribution is 7.12. The summed E-state index contributed by atoms with van der Waals surface area (Å²) in [6, 6.07) is 6.10. The number of carbonyl (C=O) groups is 1. The van der Waals surface area contributed by atoms with Gasteiger partial charge >= 0.3 is 0 Å². The SMILES string of the molecule is CCOc1cc2c(cc1OCC)CN(C(=O)c1sccc1C)CC2. The summed E-state index contributed by atoms with van der Waals surface area (Å²) in [5, 5.41) is 1.97. The van der Waals surface area contributed by atoms with Crippen LogP contribution in [0, 0.1) is 6.92 Å². The van der Waals surface area contributed by atoms with E-state index >= 15 is 0 Å². The van der Waals surface area contributed by atoms with Crippen LogP contribution in [0.15, 0.2) is 23.6 Å². The van der Waals surface area contributed by atoms with Gasteiger partial charge in [-0.1, -0.05) is 0 Å². The first-order valence-corrected chi connectivity index (χ1v) is 9.26. The minimum Gasteiger partial charge on any atom is -0.490 e. The monoisotopic (exact) mass is 345 g/mol. The second kappa shape index (κ2) is 7.26. The molecule has 0 spiro atoms. The van der Waals surface area contributed by atoms with Crippen molar-refractivity contribution in [1.29, 1.82) is 0 Å². The molecule has 2 aromatic rings. The smallest absolute Gasteiger partial charge is 0.264 e. The Hall–Kier alpha value is -2.01. The number of aryl methyl sites for hydroxylation is 1. The van der Waals surface area contributed by atoms with Gasteiger partial charge in [-0.2, -0.15) is 0 Å². The molecule has 0 atom stereocenters. The Morgan fingerprint density at radius 2 is 1.83 bits per heavy atom. The summed E-state index contributed by atoms with van der Waals surface area (Å²) in [4.78, 5) is 15.5. The fraction of sp³-hybridized carbons (Fsp3) is 0.421. The predicted octanol–water partition coefficient (Wildman–Crippen LogP) is 4.05. The molecular weight excluding hydrogens is 322 g/mol. The van der Waals surface area contributed by atoms with Crippen LogP contribution in [0.2, 0.25) is 0 Å². The number of hydrogen-bond acceptors (Lipinski definition) is 4. The summed E-state index contributed by atoms with van der Waals surface area (Å²) in [5.74, 6) is 1.69. The molecule has 1 aliphatic heterocycles. The van der Waals surface area contributed by atoms with Crippen LogP contribution in [0.4, 0.5) is 0 Å². The summed E-state index contributed by atoms with van der Waals surface area (Å²) in [5.41, 5.74) is 3.45. The summed E-state index contributed by atoms with van der Waals surface area (Å²) in [6.07, 6.45) is 0.845. The van der Waals surface area contributed by atoms with Crippen LogP contribution in [-0.4, -0.2) is 30.6 Å². The summed E-state index contributed by atoms with van der Waals surface area (Å²) >= 11 is 1.52. The van der Waals surface area contributed by atoms with E-state index in [-0.39, 0.29) is 5.91 Å². The molecule has 0 saturated heterocycles. The zero-order valence-corrected chi connectivity index (χ0v) is 15.2. The van der Waals surface area contributed by atoms with Crippen molar-refractivity contribution in [3.8, 4) is 11.5 Å². The molecule has 0 radical (unpaired) electrons. The second-order valence-corrected chi connectivity index (χ2v) is 6.76. The maximum Gasteiger partial charge on any atom is 0.264 e. The highest BCUT2D eigenvalue weighted by atomic mass is 32.1. The standard InChI is InChI=1S/C19H23NO3S/c1-4-22-16-10-14-6-8-20(12-15(14)11-17(16)23-5-2)19(21)18-13(3)7-9-24-18/h7,9-11H,4-6,8,12H2,1-3H3. The van der Waals surface area contributed by atoms with E-state index in [9.17, 15) is 4.79 Å². The Kier molecular flexibility index (Phi) is 5.09. The van der Waals surface area contributed by atoms with Crippen LogP contribution in [-0.2, 0) is 13.0 Å². The molecule has 1 aromatic carbocycles. The Morgan fingerprint density at radius 1 is 1.17 bits per heavy atom. The lowest BCUT2D eigenvalue weighted by Gasteiger charge is -2.29. The molecule has 0 unspecified atom stereocenters. The van der Waals surface area contributed by atoms with Gasteiger partial charge in [0.15, 0.2) is 11.5 Å². The highest BCUT2D eigenvalue weighted by Gasteiger charge is 2.25. The van der Waals surface area contributed by atoms with Gasteiger partial charge < -0.3 is 14.4 Å². The zero-order chi connectivity index (χ0) is 17.1. The summed E-state index contributed by atoms with van der Waals surface area (Å²) in [6.45, 7) is 8.49. The molecule has 0 saturated carbocycles. The van der Waals surface area contributed by atoms with Crippen LogP contribution in [0.25, 0.3) is 0 Å². The third-order valence-corrected chi connectivity index (χ3v) is 5.23.